The van der Waals surface area contributed by atoms with Crippen LogP contribution in [0, 0.1) is 5.92 Å². The van der Waals surface area contributed by atoms with Gasteiger partial charge in [0.25, 0.3) is 0 Å². The van der Waals surface area contributed by atoms with Crippen LogP contribution in [0.15, 0.2) is 18.2 Å². The van der Waals surface area contributed by atoms with E-state index in [2.05, 4.69) is 10.3 Å². The summed E-state index contributed by atoms with van der Waals surface area (Å²) in [6, 6.07) is 6.45. The molecule has 2 unspecified atom stereocenters. The second-order valence-electron chi connectivity index (χ2n) is 4.94. The first-order valence-corrected chi connectivity index (χ1v) is 7.14. The molecule has 1 aliphatic carbocycles. The normalized spacial score (nSPS) is 23.9. The maximum absolute atomic E-state index is 5.95. The van der Waals surface area contributed by atoms with Crippen LogP contribution in [0.3, 0.4) is 0 Å². The van der Waals surface area contributed by atoms with Gasteiger partial charge in [0.15, 0.2) is 0 Å². The lowest BCUT2D eigenvalue weighted by atomic mass is 9.87. The highest BCUT2D eigenvalue weighted by Gasteiger charge is 2.20. The summed E-state index contributed by atoms with van der Waals surface area (Å²) in [5.74, 6) is 2.14. The van der Waals surface area contributed by atoms with Gasteiger partial charge in [-0.3, -0.25) is 0 Å². The molecule has 1 heterocycles. The molecule has 2 rings (SSSR count). The summed E-state index contributed by atoms with van der Waals surface area (Å²) in [4.78, 5) is 4.40. The molecule has 2 atom stereocenters. The highest BCUT2D eigenvalue weighted by Crippen LogP contribution is 2.25. The Morgan fingerprint density at radius 2 is 2.33 bits per heavy atom. The molecule has 0 bridgehead atoms. The number of aromatic nitrogens is 1. The zero-order valence-electron chi connectivity index (χ0n) is 10.9. The summed E-state index contributed by atoms with van der Waals surface area (Å²) in [5.41, 5.74) is 1.03. The molecule has 0 aromatic carbocycles. The second-order valence-corrected chi connectivity index (χ2v) is 5.24. The summed E-state index contributed by atoms with van der Waals surface area (Å²) < 4.78 is 5.12. The molecular formula is C14H21ClN2O. The van der Waals surface area contributed by atoms with Crippen LogP contribution in [-0.2, 0) is 6.54 Å². The lowest BCUT2D eigenvalue weighted by molar-refractivity contribution is 0.302. The van der Waals surface area contributed by atoms with Gasteiger partial charge in [0.05, 0.1) is 12.8 Å². The van der Waals surface area contributed by atoms with Crippen LogP contribution in [0.1, 0.15) is 31.4 Å². The third-order valence-corrected chi connectivity index (χ3v) is 4.00. The van der Waals surface area contributed by atoms with Gasteiger partial charge in [-0.15, -0.1) is 11.6 Å². The molecule has 0 saturated heterocycles. The van der Waals surface area contributed by atoms with Crippen molar-refractivity contribution in [2.45, 2.75) is 38.3 Å². The minimum absolute atomic E-state index is 0.579. The molecule has 3 nitrogen and oxygen atoms in total. The summed E-state index contributed by atoms with van der Waals surface area (Å²) in [6.45, 7) is 0.802. The lowest BCUT2D eigenvalue weighted by Crippen LogP contribution is -2.34. The fourth-order valence-corrected chi connectivity index (χ4v) is 2.82. The number of halogens is 1. The third-order valence-electron chi connectivity index (χ3n) is 3.56. The Balaban J connectivity index is 1.83. The van der Waals surface area contributed by atoms with Crippen molar-refractivity contribution < 1.29 is 4.74 Å². The summed E-state index contributed by atoms with van der Waals surface area (Å²) in [7, 11) is 1.64. The first kappa shape index (κ1) is 13.6. The minimum Gasteiger partial charge on any atom is -0.481 e. The first-order valence-electron chi connectivity index (χ1n) is 6.61. The van der Waals surface area contributed by atoms with E-state index >= 15 is 0 Å². The third kappa shape index (κ3) is 3.85. The number of ether oxygens (including phenoxy) is 1. The lowest BCUT2D eigenvalue weighted by Gasteiger charge is -2.28. The standard InChI is InChI=1S/C14H21ClN2O/c1-18-14-7-3-6-13(17-14)10-16-12-5-2-4-11(8-12)9-15/h3,6-7,11-12,16H,2,4-5,8-10H2,1H3. The molecule has 1 aliphatic rings. The van der Waals surface area contributed by atoms with E-state index in [9.17, 15) is 0 Å². The van der Waals surface area contributed by atoms with Gasteiger partial charge >= 0.3 is 0 Å². The largest absolute Gasteiger partial charge is 0.481 e. The predicted octanol–water partition coefficient (Wildman–Crippen LogP) is 2.98. The van der Waals surface area contributed by atoms with Crippen molar-refractivity contribution >= 4 is 11.6 Å². The molecule has 4 heteroatoms. The topological polar surface area (TPSA) is 34.1 Å². The number of rotatable bonds is 5. The van der Waals surface area contributed by atoms with Crippen LogP contribution in [0.5, 0.6) is 5.88 Å². The molecule has 0 radical (unpaired) electrons. The number of pyridine rings is 1. The van der Waals surface area contributed by atoms with E-state index in [1.165, 1.54) is 25.7 Å². The van der Waals surface area contributed by atoms with Gasteiger partial charge < -0.3 is 10.1 Å². The van der Waals surface area contributed by atoms with Crippen molar-refractivity contribution in [3.8, 4) is 5.88 Å². The zero-order chi connectivity index (χ0) is 12.8. The van der Waals surface area contributed by atoms with Gasteiger partial charge in [-0.1, -0.05) is 12.5 Å². The average Bonchev–Trinajstić information content (AvgIpc) is 2.45. The Labute approximate surface area is 114 Å². The van der Waals surface area contributed by atoms with Crippen LogP contribution >= 0.6 is 11.6 Å². The van der Waals surface area contributed by atoms with Crippen molar-refractivity contribution in [2.75, 3.05) is 13.0 Å². The maximum atomic E-state index is 5.95. The average molecular weight is 269 g/mol. The van der Waals surface area contributed by atoms with Gasteiger partial charge in [0, 0.05) is 24.5 Å². The number of hydrogen-bond acceptors (Lipinski definition) is 3. The van der Waals surface area contributed by atoms with E-state index in [1.54, 1.807) is 7.11 Å². The molecule has 1 saturated carbocycles. The van der Waals surface area contributed by atoms with E-state index in [4.69, 9.17) is 16.3 Å². The Morgan fingerprint density at radius 1 is 1.44 bits per heavy atom. The van der Waals surface area contributed by atoms with E-state index in [0.29, 0.717) is 17.8 Å². The maximum Gasteiger partial charge on any atom is 0.213 e. The smallest absolute Gasteiger partial charge is 0.213 e. The Hall–Kier alpha value is -0.800. The van der Waals surface area contributed by atoms with E-state index in [0.717, 1.165) is 18.1 Å². The van der Waals surface area contributed by atoms with Crippen LogP contribution < -0.4 is 10.1 Å². The molecule has 0 aliphatic heterocycles. The number of nitrogens with one attached hydrogen (secondary N) is 1. The number of nitrogens with zero attached hydrogens (tertiary/aromatic N) is 1. The van der Waals surface area contributed by atoms with Gasteiger partial charge in [-0.25, -0.2) is 4.98 Å². The quantitative estimate of drug-likeness (QED) is 0.834. The van der Waals surface area contributed by atoms with E-state index in [-0.39, 0.29) is 0 Å². The molecule has 18 heavy (non-hydrogen) atoms. The van der Waals surface area contributed by atoms with E-state index < -0.39 is 0 Å². The SMILES string of the molecule is COc1cccc(CNC2CCCC(CCl)C2)n1. The van der Waals surface area contributed by atoms with Crippen molar-refractivity contribution in [1.29, 1.82) is 0 Å². The van der Waals surface area contributed by atoms with Crippen LogP contribution in [-0.4, -0.2) is 24.0 Å². The molecule has 1 aromatic heterocycles. The Kier molecular flexibility index (Phi) is 5.26. The number of methoxy groups -OCH3 is 1. The summed E-state index contributed by atoms with van der Waals surface area (Å²) in [5, 5.41) is 3.58. The van der Waals surface area contributed by atoms with E-state index in [1.807, 2.05) is 18.2 Å². The predicted molar refractivity (Wildman–Crippen MR) is 74.1 cm³/mol. The van der Waals surface area contributed by atoms with Gasteiger partial charge in [0.1, 0.15) is 0 Å². The number of alkyl halides is 1. The van der Waals surface area contributed by atoms with Crippen LogP contribution in [0.4, 0.5) is 0 Å². The Morgan fingerprint density at radius 3 is 3.11 bits per heavy atom. The molecule has 0 amide bonds. The van der Waals surface area contributed by atoms with Crippen LogP contribution in [0.25, 0.3) is 0 Å². The molecule has 1 aromatic rings. The fourth-order valence-electron chi connectivity index (χ4n) is 2.54. The monoisotopic (exact) mass is 268 g/mol. The summed E-state index contributed by atoms with van der Waals surface area (Å²) >= 11 is 5.95. The first-order chi connectivity index (χ1) is 8.81. The molecule has 100 valence electrons. The highest BCUT2D eigenvalue weighted by molar-refractivity contribution is 6.18. The zero-order valence-corrected chi connectivity index (χ0v) is 11.6. The molecule has 1 fully saturated rings. The van der Waals surface area contributed by atoms with Crippen molar-refractivity contribution in [3.63, 3.8) is 0 Å². The van der Waals surface area contributed by atoms with Crippen molar-refractivity contribution in [2.24, 2.45) is 5.92 Å². The molecule has 0 spiro atoms. The second kappa shape index (κ2) is 6.95. The minimum atomic E-state index is 0.579. The molecular weight excluding hydrogens is 248 g/mol. The van der Waals surface area contributed by atoms with Gasteiger partial charge in [0.2, 0.25) is 5.88 Å². The molecule has 1 N–H and O–H groups in total. The fraction of sp³-hybridized carbons (Fsp3) is 0.643. The number of hydrogen-bond donors (Lipinski definition) is 1. The van der Waals surface area contributed by atoms with Crippen molar-refractivity contribution in [1.82, 2.24) is 10.3 Å². The van der Waals surface area contributed by atoms with Gasteiger partial charge in [-0.2, -0.15) is 0 Å². The summed E-state index contributed by atoms with van der Waals surface area (Å²) in [6.07, 6.45) is 4.99. The highest BCUT2D eigenvalue weighted by atomic mass is 35.5. The van der Waals surface area contributed by atoms with Gasteiger partial charge in [-0.05, 0) is 31.2 Å². The van der Waals surface area contributed by atoms with Crippen LogP contribution in [0.2, 0.25) is 0 Å². The Bertz CT molecular complexity index is 373. The van der Waals surface area contributed by atoms with Crippen molar-refractivity contribution in [3.05, 3.63) is 23.9 Å².